The molecule has 0 saturated carbocycles. The van der Waals surface area contributed by atoms with Crippen LogP contribution in [0.4, 0.5) is 0 Å². The van der Waals surface area contributed by atoms with Gasteiger partial charge in [-0.25, -0.2) is 0 Å². The minimum Gasteiger partial charge on any atom is -0.496 e. The predicted octanol–water partition coefficient (Wildman–Crippen LogP) is 3.26. The number of methoxy groups -OCH3 is 1. The first-order valence-corrected chi connectivity index (χ1v) is 6.74. The van der Waals surface area contributed by atoms with E-state index in [0.29, 0.717) is 28.6 Å². The molecule has 0 unspecified atom stereocenters. The molecule has 2 aromatic carbocycles. The van der Waals surface area contributed by atoms with E-state index < -0.39 is 0 Å². The molecule has 0 aliphatic carbocycles. The van der Waals surface area contributed by atoms with Gasteiger partial charge in [0.2, 0.25) is 0 Å². The third kappa shape index (κ3) is 3.46. The van der Waals surface area contributed by atoms with Crippen LogP contribution in [-0.2, 0) is 13.2 Å². The largest absolute Gasteiger partial charge is 0.496 e. The molecule has 0 bridgehead atoms. The number of nitriles is 1. The van der Waals surface area contributed by atoms with Crippen LogP contribution in [0.2, 0.25) is 5.02 Å². The fourth-order valence-corrected chi connectivity index (χ4v) is 2.24. The lowest BCUT2D eigenvalue weighted by Gasteiger charge is -2.14. The molecule has 0 saturated heterocycles. The Morgan fingerprint density at radius 2 is 2.05 bits per heavy atom. The summed E-state index contributed by atoms with van der Waals surface area (Å²) in [5.41, 5.74) is 7.84. The summed E-state index contributed by atoms with van der Waals surface area (Å²) >= 11 is 6.14. The maximum Gasteiger partial charge on any atom is 0.142 e. The summed E-state index contributed by atoms with van der Waals surface area (Å²) in [5, 5.41) is 9.48. The average Bonchev–Trinajstić information content (AvgIpc) is 2.53. The normalized spacial score (nSPS) is 10.0. The third-order valence-corrected chi connectivity index (χ3v) is 3.35. The van der Waals surface area contributed by atoms with Gasteiger partial charge in [0.15, 0.2) is 0 Å². The molecule has 0 fully saturated rings. The quantitative estimate of drug-likeness (QED) is 0.920. The van der Waals surface area contributed by atoms with Gasteiger partial charge in [-0.3, -0.25) is 0 Å². The van der Waals surface area contributed by atoms with Crippen molar-refractivity contribution in [2.45, 2.75) is 13.2 Å². The van der Waals surface area contributed by atoms with E-state index in [1.807, 2.05) is 12.1 Å². The minimum atomic E-state index is 0.245. The number of ether oxygens (including phenoxy) is 2. The van der Waals surface area contributed by atoms with Crippen LogP contribution in [-0.4, -0.2) is 7.11 Å². The number of benzene rings is 2. The Balaban J connectivity index is 2.26. The van der Waals surface area contributed by atoms with Gasteiger partial charge >= 0.3 is 0 Å². The zero-order valence-corrected chi connectivity index (χ0v) is 12.4. The van der Waals surface area contributed by atoms with E-state index in [2.05, 4.69) is 6.07 Å². The highest BCUT2D eigenvalue weighted by Gasteiger charge is 2.10. The summed E-state index contributed by atoms with van der Waals surface area (Å²) in [6, 6.07) is 12.7. The standard InChI is InChI=1S/C16H15ClN2O2/c1-20-15-6-5-11(8-18)7-13(15)10-21-16-12(9-19)3-2-4-14(16)17/h2-7H,9-10,19H2,1H3. The van der Waals surface area contributed by atoms with Crippen LogP contribution >= 0.6 is 11.6 Å². The fourth-order valence-electron chi connectivity index (χ4n) is 1.99. The van der Waals surface area contributed by atoms with Gasteiger partial charge in [-0.2, -0.15) is 5.26 Å². The molecular weight excluding hydrogens is 288 g/mol. The van der Waals surface area contributed by atoms with Crippen molar-refractivity contribution in [3.8, 4) is 17.6 Å². The summed E-state index contributed by atoms with van der Waals surface area (Å²) < 4.78 is 11.1. The molecule has 0 spiro atoms. The molecule has 0 aliphatic heterocycles. The molecule has 4 nitrogen and oxygen atoms in total. The molecular formula is C16H15ClN2O2. The smallest absolute Gasteiger partial charge is 0.142 e. The van der Waals surface area contributed by atoms with Crippen LogP contribution in [0, 0.1) is 11.3 Å². The van der Waals surface area contributed by atoms with Crippen molar-refractivity contribution >= 4 is 11.6 Å². The first kappa shape index (κ1) is 15.2. The Kier molecular flexibility index (Phi) is 5.04. The number of halogens is 1. The molecule has 0 atom stereocenters. The molecule has 21 heavy (non-hydrogen) atoms. The van der Waals surface area contributed by atoms with E-state index >= 15 is 0 Å². The van der Waals surface area contributed by atoms with Crippen LogP contribution in [0.25, 0.3) is 0 Å². The lowest BCUT2D eigenvalue weighted by atomic mass is 10.1. The summed E-state index contributed by atoms with van der Waals surface area (Å²) in [7, 11) is 1.58. The lowest BCUT2D eigenvalue weighted by Crippen LogP contribution is -2.04. The SMILES string of the molecule is COc1ccc(C#N)cc1COc1c(Cl)cccc1CN. The van der Waals surface area contributed by atoms with Crippen LogP contribution in [0.5, 0.6) is 11.5 Å². The van der Waals surface area contributed by atoms with Crippen LogP contribution in [0.15, 0.2) is 36.4 Å². The Morgan fingerprint density at radius 3 is 2.71 bits per heavy atom. The van der Waals surface area contributed by atoms with Gasteiger partial charge in [0.1, 0.15) is 18.1 Å². The average molecular weight is 303 g/mol. The maximum absolute atomic E-state index is 8.97. The number of rotatable bonds is 5. The molecule has 2 aromatic rings. The maximum atomic E-state index is 8.97. The van der Waals surface area contributed by atoms with E-state index in [0.717, 1.165) is 11.1 Å². The third-order valence-electron chi connectivity index (χ3n) is 3.05. The summed E-state index contributed by atoms with van der Waals surface area (Å²) in [5.74, 6) is 1.22. The van der Waals surface area contributed by atoms with Crippen molar-refractivity contribution in [3.63, 3.8) is 0 Å². The summed E-state index contributed by atoms with van der Waals surface area (Å²) in [6.45, 7) is 0.584. The van der Waals surface area contributed by atoms with Crippen molar-refractivity contribution in [1.82, 2.24) is 0 Å². The van der Waals surface area contributed by atoms with Gasteiger partial charge < -0.3 is 15.2 Å². The molecule has 2 rings (SSSR count). The first-order valence-electron chi connectivity index (χ1n) is 6.37. The van der Waals surface area contributed by atoms with Crippen LogP contribution in [0.1, 0.15) is 16.7 Å². The van der Waals surface area contributed by atoms with Crippen molar-refractivity contribution in [3.05, 3.63) is 58.1 Å². The highest BCUT2D eigenvalue weighted by Crippen LogP contribution is 2.30. The number of nitrogens with two attached hydrogens (primary N) is 1. The molecule has 5 heteroatoms. The van der Waals surface area contributed by atoms with Gasteiger partial charge in [-0.05, 0) is 24.3 Å². The number of hydrogen-bond acceptors (Lipinski definition) is 4. The number of hydrogen-bond donors (Lipinski definition) is 1. The number of para-hydroxylation sites is 1. The second-order valence-corrected chi connectivity index (χ2v) is 4.77. The van der Waals surface area contributed by atoms with E-state index in [1.165, 1.54) is 0 Å². The monoisotopic (exact) mass is 302 g/mol. The molecule has 0 aromatic heterocycles. The molecule has 2 N–H and O–H groups in total. The summed E-state index contributed by atoms with van der Waals surface area (Å²) in [4.78, 5) is 0. The van der Waals surface area contributed by atoms with E-state index in [-0.39, 0.29) is 6.61 Å². The zero-order chi connectivity index (χ0) is 15.2. The van der Waals surface area contributed by atoms with Gasteiger partial charge in [0, 0.05) is 17.7 Å². The molecule has 0 aliphatic rings. The van der Waals surface area contributed by atoms with Crippen LogP contribution in [0.3, 0.4) is 0 Å². The minimum absolute atomic E-state index is 0.245. The van der Waals surface area contributed by atoms with Crippen molar-refractivity contribution < 1.29 is 9.47 Å². The summed E-state index contributed by atoms with van der Waals surface area (Å²) in [6.07, 6.45) is 0. The van der Waals surface area contributed by atoms with E-state index in [9.17, 15) is 0 Å². The zero-order valence-electron chi connectivity index (χ0n) is 11.6. The second-order valence-electron chi connectivity index (χ2n) is 4.36. The van der Waals surface area contributed by atoms with Gasteiger partial charge in [-0.1, -0.05) is 23.7 Å². The molecule has 0 radical (unpaired) electrons. The van der Waals surface area contributed by atoms with E-state index in [4.69, 9.17) is 32.1 Å². The second kappa shape index (κ2) is 6.98. The lowest BCUT2D eigenvalue weighted by molar-refractivity contribution is 0.294. The Labute approximate surface area is 128 Å². The Hall–Kier alpha value is -2.22. The van der Waals surface area contributed by atoms with Crippen molar-refractivity contribution in [2.75, 3.05) is 7.11 Å². The number of nitrogens with zero attached hydrogens (tertiary/aromatic N) is 1. The Morgan fingerprint density at radius 1 is 1.24 bits per heavy atom. The highest BCUT2D eigenvalue weighted by molar-refractivity contribution is 6.32. The first-order chi connectivity index (χ1) is 10.2. The predicted molar refractivity (Wildman–Crippen MR) is 81.4 cm³/mol. The molecule has 108 valence electrons. The topological polar surface area (TPSA) is 68.3 Å². The molecule has 0 heterocycles. The fraction of sp³-hybridized carbons (Fsp3) is 0.188. The highest BCUT2D eigenvalue weighted by atomic mass is 35.5. The van der Waals surface area contributed by atoms with Crippen molar-refractivity contribution in [1.29, 1.82) is 5.26 Å². The van der Waals surface area contributed by atoms with Gasteiger partial charge in [0.25, 0.3) is 0 Å². The van der Waals surface area contributed by atoms with E-state index in [1.54, 1.807) is 31.4 Å². The molecule has 0 amide bonds. The Bertz CT molecular complexity index is 680. The van der Waals surface area contributed by atoms with Crippen molar-refractivity contribution in [2.24, 2.45) is 5.73 Å². The van der Waals surface area contributed by atoms with Gasteiger partial charge in [0.05, 0.1) is 23.8 Å². The van der Waals surface area contributed by atoms with Crippen LogP contribution < -0.4 is 15.2 Å². The van der Waals surface area contributed by atoms with Gasteiger partial charge in [-0.15, -0.1) is 0 Å².